The van der Waals surface area contributed by atoms with Crippen LogP contribution in [0.15, 0.2) is 24.3 Å². The van der Waals surface area contributed by atoms with E-state index in [0.29, 0.717) is 19.4 Å². The summed E-state index contributed by atoms with van der Waals surface area (Å²) in [6, 6.07) is 6.83. The summed E-state index contributed by atoms with van der Waals surface area (Å²) < 4.78 is 25.0. The lowest BCUT2D eigenvalue weighted by atomic mass is 9.97. The van der Waals surface area contributed by atoms with Crippen LogP contribution in [-0.4, -0.2) is 55.1 Å². The highest BCUT2D eigenvalue weighted by Crippen LogP contribution is 2.20. The minimum absolute atomic E-state index is 0.0315. The van der Waals surface area contributed by atoms with Crippen LogP contribution in [0.4, 0.5) is 0 Å². The summed E-state index contributed by atoms with van der Waals surface area (Å²) in [5.74, 6) is -2.18. The molecule has 1 aliphatic heterocycles. The molecule has 8 heteroatoms. The van der Waals surface area contributed by atoms with E-state index in [4.69, 9.17) is 0 Å². The van der Waals surface area contributed by atoms with E-state index < -0.39 is 33.9 Å². The van der Waals surface area contributed by atoms with E-state index in [1.165, 1.54) is 4.31 Å². The molecule has 0 aliphatic carbocycles. The number of rotatable bonds is 7. The Hall–Kier alpha value is -1.93. The molecule has 2 N–H and O–H groups in total. The van der Waals surface area contributed by atoms with Crippen LogP contribution >= 0.6 is 0 Å². The number of benzene rings is 1. The van der Waals surface area contributed by atoms with Gasteiger partial charge < -0.3 is 10.4 Å². The van der Waals surface area contributed by atoms with Crippen molar-refractivity contribution in [1.82, 2.24) is 9.62 Å². The van der Waals surface area contributed by atoms with E-state index in [1.807, 2.05) is 31.2 Å². The van der Waals surface area contributed by atoms with Crippen LogP contribution in [0.2, 0.25) is 0 Å². The van der Waals surface area contributed by atoms with Crippen LogP contribution in [0.5, 0.6) is 0 Å². The van der Waals surface area contributed by atoms with E-state index in [1.54, 1.807) is 0 Å². The van der Waals surface area contributed by atoms with Crippen LogP contribution < -0.4 is 5.32 Å². The van der Waals surface area contributed by atoms with Crippen LogP contribution in [0.3, 0.4) is 0 Å². The molecule has 0 saturated carbocycles. The summed E-state index contributed by atoms with van der Waals surface area (Å²) in [4.78, 5) is 24.0. The van der Waals surface area contributed by atoms with Gasteiger partial charge in [-0.2, -0.15) is 4.31 Å². The Balaban J connectivity index is 2.01. The molecular formula is C18H26N2O5S. The Morgan fingerprint density at radius 3 is 2.69 bits per heavy atom. The van der Waals surface area contributed by atoms with Gasteiger partial charge in [-0.15, -0.1) is 0 Å². The first-order valence-corrected chi connectivity index (χ1v) is 10.6. The maximum Gasteiger partial charge on any atom is 0.308 e. The van der Waals surface area contributed by atoms with Gasteiger partial charge in [-0.1, -0.05) is 36.2 Å². The molecule has 144 valence electrons. The van der Waals surface area contributed by atoms with Crippen LogP contribution in [-0.2, 0) is 26.0 Å². The van der Waals surface area contributed by atoms with Crippen molar-refractivity contribution in [1.29, 1.82) is 0 Å². The van der Waals surface area contributed by atoms with Crippen molar-refractivity contribution in [2.75, 3.05) is 19.3 Å². The smallest absolute Gasteiger partial charge is 0.308 e. The number of piperidine rings is 1. The van der Waals surface area contributed by atoms with Gasteiger partial charge in [-0.05, 0) is 31.7 Å². The monoisotopic (exact) mass is 382 g/mol. The maximum atomic E-state index is 12.5. The third kappa shape index (κ3) is 5.54. The van der Waals surface area contributed by atoms with E-state index in [2.05, 4.69) is 5.32 Å². The van der Waals surface area contributed by atoms with Gasteiger partial charge >= 0.3 is 5.97 Å². The van der Waals surface area contributed by atoms with Crippen molar-refractivity contribution in [3.8, 4) is 0 Å². The van der Waals surface area contributed by atoms with E-state index in [-0.39, 0.29) is 6.54 Å². The van der Waals surface area contributed by atoms with E-state index in [9.17, 15) is 23.1 Å². The maximum absolute atomic E-state index is 12.5. The Bertz CT molecular complexity index is 763. The molecule has 2 rings (SSSR count). The molecule has 26 heavy (non-hydrogen) atoms. The Labute approximate surface area is 154 Å². The molecular weight excluding hydrogens is 356 g/mol. The molecule has 1 aromatic rings. The van der Waals surface area contributed by atoms with Crippen LogP contribution in [0.25, 0.3) is 0 Å². The number of sulfonamides is 1. The number of aliphatic carboxylic acids is 1. The molecule has 2 atom stereocenters. The minimum Gasteiger partial charge on any atom is -0.481 e. The lowest BCUT2D eigenvalue weighted by molar-refractivity contribution is -0.141. The Kier molecular flexibility index (Phi) is 6.77. The number of amides is 1. The highest BCUT2D eigenvalue weighted by atomic mass is 32.2. The topological polar surface area (TPSA) is 104 Å². The number of carbonyl (C=O) groups excluding carboxylic acids is 1. The predicted octanol–water partition coefficient (Wildman–Crippen LogP) is 1.17. The molecule has 2 unspecified atom stereocenters. The van der Waals surface area contributed by atoms with Gasteiger partial charge in [0.25, 0.3) is 0 Å². The fourth-order valence-corrected chi connectivity index (χ4v) is 4.40. The number of carbonyl (C=O) groups is 2. The molecule has 0 bridgehead atoms. The quantitative estimate of drug-likeness (QED) is 0.737. The van der Waals surface area contributed by atoms with Crippen molar-refractivity contribution < 1.29 is 23.1 Å². The third-order valence-electron chi connectivity index (χ3n) is 4.62. The third-order valence-corrected chi connectivity index (χ3v) is 5.91. The van der Waals surface area contributed by atoms with Crippen LogP contribution in [0.1, 0.15) is 30.4 Å². The van der Waals surface area contributed by atoms with Crippen molar-refractivity contribution in [2.45, 2.75) is 38.6 Å². The van der Waals surface area contributed by atoms with Crippen LogP contribution in [0, 0.1) is 12.8 Å². The standard InChI is InChI=1S/C18H26N2O5S/c1-13-6-5-7-14(10-13)11-15(18(22)23)12-19-17(21)16-8-3-4-9-20(16)26(2,24)25/h5-7,10,15-16H,3-4,8-9,11-12H2,1-2H3,(H,19,21)(H,22,23). The summed E-state index contributed by atoms with van der Waals surface area (Å²) >= 11 is 0. The summed E-state index contributed by atoms with van der Waals surface area (Å²) in [5, 5.41) is 12.1. The first-order valence-electron chi connectivity index (χ1n) is 8.71. The van der Waals surface area contributed by atoms with Gasteiger partial charge in [-0.25, -0.2) is 8.42 Å². The molecule has 1 heterocycles. The number of hydrogen-bond acceptors (Lipinski definition) is 4. The number of nitrogens with one attached hydrogen (secondary N) is 1. The first-order chi connectivity index (χ1) is 12.2. The zero-order chi connectivity index (χ0) is 19.3. The average molecular weight is 382 g/mol. The second kappa shape index (κ2) is 8.64. The fourth-order valence-electron chi connectivity index (χ4n) is 3.28. The number of aryl methyl sites for hydroxylation is 1. The van der Waals surface area contributed by atoms with Crippen molar-refractivity contribution in [2.24, 2.45) is 5.92 Å². The molecule has 0 radical (unpaired) electrons. The van der Waals surface area contributed by atoms with E-state index in [0.717, 1.165) is 30.2 Å². The van der Waals surface area contributed by atoms with Gasteiger partial charge in [-0.3, -0.25) is 9.59 Å². The summed E-state index contributed by atoms with van der Waals surface area (Å²) in [5.41, 5.74) is 1.93. The van der Waals surface area contributed by atoms with E-state index >= 15 is 0 Å². The zero-order valence-electron chi connectivity index (χ0n) is 15.1. The highest BCUT2D eigenvalue weighted by molar-refractivity contribution is 7.88. The van der Waals surface area contributed by atoms with Gasteiger partial charge in [0.1, 0.15) is 6.04 Å². The number of carboxylic acids is 1. The predicted molar refractivity (Wildman–Crippen MR) is 98.2 cm³/mol. The molecule has 1 aliphatic rings. The normalized spacial score (nSPS) is 19.7. The largest absolute Gasteiger partial charge is 0.481 e. The molecule has 0 aromatic heterocycles. The summed E-state index contributed by atoms with van der Waals surface area (Å²) in [7, 11) is -3.47. The van der Waals surface area contributed by atoms with Crippen molar-refractivity contribution in [3.05, 3.63) is 35.4 Å². The van der Waals surface area contributed by atoms with Gasteiger partial charge in [0.05, 0.1) is 12.2 Å². The second-order valence-electron chi connectivity index (χ2n) is 6.86. The fraction of sp³-hybridized carbons (Fsp3) is 0.556. The molecule has 1 fully saturated rings. The SMILES string of the molecule is Cc1cccc(CC(CNC(=O)C2CCCCN2S(C)(=O)=O)C(=O)O)c1. The molecule has 0 spiro atoms. The lowest BCUT2D eigenvalue weighted by Gasteiger charge is -2.32. The number of carboxylic acid groups (broad SMARTS) is 1. The highest BCUT2D eigenvalue weighted by Gasteiger charge is 2.34. The minimum atomic E-state index is -3.47. The van der Waals surface area contributed by atoms with Gasteiger partial charge in [0.15, 0.2) is 0 Å². The molecule has 1 amide bonds. The molecule has 1 aromatic carbocycles. The molecule has 1 saturated heterocycles. The lowest BCUT2D eigenvalue weighted by Crippen LogP contribution is -2.52. The second-order valence-corrected chi connectivity index (χ2v) is 8.79. The Morgan fingerprint density at radius 1 is 1.35 bits per heavy atom. The van der Waals surface area contributed by atoms with Gasteiger partial charge in [0.2, 0.25) is 15.9 Å². The molecule has 7 nitrogen and oxygen atoms in total. The zero-order valence-corrected chi connectivity index (χ0v) is 16.0. The summed E-state index contributed by atoms with van der Waals surface area (Å²) in [6.07, 6.45) is 3.35. The summed E-state index contributed by atoms with van der Waals surface area (Å²) in [6.45, 7) is 2.22. The first kappa shape index (κ1) is 20.4. The van der Waals surface area contributed by atoms with Gasteiger partial charge in [0, 0.05) is 13.1 Å². The average Bonchev–Trinajstić information content (AvgIpc) is 2.57. The van der Waals surface area contributed by atoms with Crippen molar-refractivity contribution >= 4 is 21.9 Å². The Morgan fingerprint density at radius 2 is 2.08 bits per heavy atom. The van der Waals surface area contributed by atoms with Crippen molar-refractivity contribution in [3.63, 3.8) is 0 Å². The number of nitrogens with zero attached hydrogens (tertiary/aromatic N) is 1. The number of hydrogen-bond donors (Lipinski definition) is 2.